The number of hydrogen-bond acceptors (Lipinski definition) is 3. The van der Waals surface area contributed by atoms with Gasteiger partial charge in [0.2, 0.25) is 5.91 Å². The lowest BCUT2D eigenvalue weighted by Crippen LogP contribution is -2.46. The average Bonchev–Trinajstić information content (AvgIpc) is 3.43. The van der Waals surface area contributed by atoms with Gasteiger partial charge in [0.05, 0.1) is 13.2 Å². The van der Waals surface area contributed by atoms with Crippen molar-refractivity contribution in [3.63, 3.8) is 0 Å². The molecule has 0 aromatic heterocycles. The Morgan fingerprint density at radius 2 is 1.92 bits per heavy atom. The Bertz CT molecular complexity index is 600. The first kappa shape index (κ1) is 17.0. The summed E-state index contributed by atoms with van der Waals surface area (Å²) in [5.41, 5.74) is 1.10. The third-order valence-electron chi connectivity index (χ3n) is 5.86. The molecule has 2 saturated heterocycles. The van der Waals surface area contributed by atoms with E-state index in [-0.39, 0.29) is 17.7 Å². The second-order valence-corrected chi connectivity index (χ2v) is 7.71. The molecule has 0 radical (unpaired) electrons. The SMILES string of the molecule is O=C([C@@H]1C[C@@H]1c1ccc(F)cc1)N1CCC[C@H](CN2CCOCC2)C1. The second kappa shape index (κ2) is 7.42. The van der Waals surface area contributed by atoms with Crippen LogP contribution in [0.15, 0.2) is 24.3 Å². The number of carbonyl (C=O) groups is 1. The molecule has 1 saturated carbocycles. The molecule has 0 N–H and O–H groups in total. The molecule has 25 heavy (non-hydrogen) atoms. The zero-order valence-corrected chi connectivity index (χ0v) is 14.7. The van der Waals surface area contributed by atoms with Gasteiger partial charge in [0.1, 0.15) is 5.82 Å². The van der Waals surface area contributed by atoms with Crippen molar-refractivity contribution in [3.05, 3.63) is 35.6 Å². The number of ether oxygens (including phenoxy) is 1. The number of piperidine rings is 1. The number of halogens is 1. The Morgan fingerprint density at radius 1 is 1.16 bits per heavy atom. The van der Waals surface area contributed by atoms with E-state index in [1.54, 1.807) is 0 Å². The summed E-state index contributed by atoms with van der Waals surface area (Å²) in [6, 6.07) is 6.64. The lowest BCUT2D eigenvalue weighted by molar-refractivity contribution is -0.134. The number of amides is 1. The molecule has 3 fully saturated rings. The molecule has 0 unspecified atom stereocenters. The van der Waals surface area contributed by atoms with Crippen molar-refractivity contribution in [2.24, 2.45) is 11.8 Å². The van der Waals surface area contributed by atoms with Gasteiger partial charge in [-0.25, -0.2) is 4.39 Å². The molecule has 1 aliphatic carbocycles. The monoisotopic (exact) mass is 346 g/mol. The first-order chi connectivity index (χ1) is 12.2. The van der Waals surface area contributed by atoms with E-state index in [2.05, 4.69) is 9.80 Å². The zero-order valence-electron chi connectivity index (χ0n) is 14.7. The summed E-state index contributed by atoms with van der Waals surface area (Å²) >= 11 is 0. The summed E-state index contributed by atoms with van der Waals surface area (Å²) in [6.45, 7) is 6.56. The van der Waals surface area contributed by atoms with Crippen LogP contribution in [-0.4, -0.2) is 61.6 Å². The first-order valence-corrected chi connectivity index (χ1v) is 9.55. The van der Waals surface area contributed by atoms with Gasteiger partial charge in [0.15, 0.2) is 0 Å². The maximum atomic E-state index is 13.1. The van der Waals surface area contributed by atoms with Gasteiger partial charge in [-0.1, -0.05) is 12.1 Å². The number of nitrogens with zero attached hydrogens (tertiary/aromatic N) is 2. The summed E-state index contributed by atoms with van der Waals surface area (Å²) in [6.07, 6.45) is 3.23. The first-order valence-electron chi connectivity index (χ1n) is 9.55. The summed E-state index contributed by atoms with van der Waals surface area (Å²) in [5.74, 6) is 1.06. The minimum Gasteiger partial charge on any atom is -0.379 e. The van der Waals surface area contributed by atoms with E-state index in [1.165, 1.54) is 18.6 Å². The molecule has 1 aromatic rings. The molecule has 0 spiro atoms. The fourth-order valence-corrected chi connectivity index (χ4v) is 4.34. The van der Waals surface area contributed by atoms with Crippen molar-refractivity contribution in [1.29, 1.82) is 0 Å². The van der Waals surface area contributed by atoms with Crippen molar-refractivity contribution < 1.29 is 13.9 Å². The van der Waals surface area contributed by atoms with Crippen LogP contribution in [0.5, 0.6) is 0 Å². The Hall–Kier alpha value is -1.46. The highest BCUT2D eigenvalue weighted by molar-refractivity contribution is 5.83. The Morgan fingerprint density at radius 3 is 2.68 bits per heavy atom. The van der Waals surface area contributed by atoms with Crippen LogP contribution in [-0.2, 0) is 9.53 Å². The van der Waals surface area contributed by atoms with Crippen LogP contribution in [0.1, 0.15) is 30.7 Å². The molecule has 136 valence electrons. The van der Waals surface area contributed by atoms with Crippen LogP contribution < -0.4 is 0 Å². The van der Waals surface area contributed by atoms with Crippen molar-refractivity contribution in [3.8, 4) is 0 Å². The Balaban J connectivity index is 1.30. The largest absolute Gasteiger partial charge is 0.379 e. The lowest BCUT2D eigenvalue weighted by atomic mass is 9.96. The van der Waals surface area contributed by atoms with Gasteiger partial charge in [0, 0.05) is 38.6 Å². The number of rotatable bonds is 4. The average molecular weight is 346 g/mol. The normalized spacial score (nSPS) is 30.3. The molecule has 3 atom stereocenters. The number of likely N-dealkylation sites (tertiary alicyclic amines) is 1. The van der Waals surface area contributed by atoms with Crippen LogP contribution in [0, 0.1) is 17.7 Å². The van der Waals surface area contributed by atoms with Crippen LogP contribution in [0.3, 0.4) is 0 Å². The van der Waals surface area contributed by atoms with Crippen LogP contribution in [0.25, 0.3) is 0 Å². The van der Waals surface area contributed by atoms with Gasteiger partial charge in [0.25, 0.3) is 0 Å². The van der Waals surface area contributed by atoms with Crippen molar-refractivity contribution >= 4 is 5.91 Å². The molecule has 1 amide bonds. The molecule has 2 aliphatic heterocycles. The van der Waals surface area contributed by atoms with E-state index in [0.717, 1.165) is 64.3 Å². The summed E-state index contributed by atoms with van der Waals surface area (Å²) < 4.78 is 18.5. The predicted octanol–water partition coefficient (Wildman–Crippen LogP) is 2.50. The maximum Gasteiger partial charge on any atom is 0.226 e. The Kier molecular flexibility index (Phi) is 5.04. The van der Waals surface area contributed by atoms with Gasteiger partial charge >= 0.3 is 0 Å². The molecular weight excluding hydrogens is 319 g/mol. The summed E-state index contributed by atoms with van der Waals surface area (Å²) in [4.78, 5) is 17.4. The molecule has 4 nitrogen and oxygen atoms in total. The van der Waals surface area contributed by atoms with Gasteiger partial charge in [-0.15, -0.1) is 0 Å². The summed E-state index contributed by atoms with van der Waals surface area (Å²) in [7, 11) is 0. The highest BCUT2D eigenvalue weighted by Crippen LogP contribution is 2.48. The highest BCUT2D eigenvalue weighted by Gasteiger charge is 2.46. The number of morpholine rings is 1. The van der Waals surface area contributed by atoms with Crippen molar-refractivity contribution in [1.82, 2.24) is 9.80 Å². The van der Waals surface area contributed by atoms with E-state index in [9.17, 15) is 9.18 Å². The number of hydrogen-bond donors (Lipinski definition) is 0. The molecule has 0 bridgehead atoms. The maximum absolute atomic E-state index is 13.1. The topological polar surface area (TPSA) is 32.8 Å². The van der Waals surface area contributed by atoms with Crippen LogP contribution >= 0.6 is 0 Å². The standard InChI is InChI=1S/C20H27FN2O2/c21-17-5-3-16(4-6-17)18-12-19(18)20(24)23-7-1-2-15(14-23)13-22-8-10-25-11-9-22/h3-6,15,18-19H,1-2,7-14H2/t15-,18-,19-/m1/s1. The molecule has 4 rings (SSSR count). The molecular formula is C20H27FN2O2. The van der Waals surface area contributed by atoms with E-state index < -0.39 is 0 Å². The predicted molar refractivity (Wildman–Crippen MR) is 93.8 cm³/mol. The fourth-order valence-electron chi connectivity index (χ4n) is 4.34. The minimum atomic E-state index is -0.214. The van der Waals surface area contributed by atoms with Crippen LogP contribution in [0.4, 0.5) is 4.39 Å². The quantitative estimate of drug-likeness (QED) is 0.840. The van der Waals surface area contributed by atoms with E-state index in [4.69, 9.17) is 4.74 Å². The molecule has 5 heteroatoms. The van der Waals surface area contributed by atoms with Gasteiger partial charge in [-0.3, -0.25) is 9.69 Å². The summed E-state index contributed by atoms with van der Waals surface area (Å²) in [5, 5.41) is 0. The lowest BCUT2D eigenvalue weighted by Gasteiger charge is -2.37. The zero-order chi connectivity index (χ0) is 17.2. The minimum absolute atomic E-state index is 0.104. The number of carbonyl (C=O) groups excluding carboxylic acids is 1. The van der Waals surface area contributed by atoms with Gasteiger partial charge < -0.3 is 9.64 Å². The second-order valence-electron chi connectivity index (χ2n) is 7.71. The third-order valence-corrected chi connectivity index (χ3v) is 5.86. The highest BCUT2D eigenvalue weighted by atomic mass is 19.1. The van der Waals surface area contributed by atoms with Gasteiger partial charge in [-0.2, -0.15) is 0 Å². The molecule has 1 aromatic carbocycles. The van der Waals surface area contributed by atoms with Gasteiger partial charge in [-0.05, 0) is 48.8 Å². The fraction of sp³-hybridized carbons (Fsp3) is 0.650. The Labute approximate surface area is 148 Å². The van der Waals surface area contributed by atoms with Crippen molar-refractivity contribution in [2.75, 3.05) is 45.9 Å². The third kappa shape index (κ3) is 4.04. The van der Waals surface area contributed by atoms with E-state index in [0.29, 0.717) is 11.8 Å². The van der Waals surface area contributed by atoms with E-state index in [1.807, 2.05) is 12.1 Å². The molecule has 3 aliphatic rings. The van der Waals surface area contributed by atoms with E-state index >= 15 is 0 Å². The van der Waals surface area contributed by atoms with Crippen LogP contribution in [0.2, 0.25) is 0 Å². The smallest absolute Gasteiger partial charge is 0.226 e. The number of benzene rings is 1. The molecule has 2 heterocycles. The van der Waals surface area contributed by atoms with Crippen molar-refractivity contribution in [2.45, 2.75) is 25.2 Å².